The van der Waals surface area contributed by atoms with E-state index in [1.807, 2.05) is 0 Å². The molecule has 2 aromatic heterocycles. The van der Waals surface area contributed by atoms with E-state index in [4.69, 9.17) is 4.42 Å². The van der Waals surface area contributed by atoms with Gasteiger partial charge in [-0.15, -0.1) is 0 Å². The van der Waals surface area contributed by atoms with Crippen molar-refractivity contribution in [2.75, 3.05) is 18.4 Å². The van der Waals surface area contributed by atoms with Gasteiger partial charge in [0.15, 0.2) is 0 Å². The Morgan fingerprint density at radius 2 is 1.73 bits per heavy atom. The standard InChI is InChI=1S/C23H24N4O5S/c28-22(26-19-7-11-24-12-8-19)17-9-13-27(14-10-17)23(29)18-3-5-21(6-4-18)33(30,31)25-16-20-2-1-15-32-20/h1-8,11-12,15,17,25H,9-10,13-14,16H2,(H,24,26,28). The number of furan rings is 1. The largest absolute Gasteiger partial charge is 0.468 e. The lowest BCUT2D eigenvalue weighted by atomic mass is 9.95. The van der Waals surface area contributed by atoms with Gasteiger partial charge in [-0.2, -0.15) is 0 Å². The van der Waals surface area contributed by atoms with Crippen molar-refractivity contribution in [1.82, 2.24) is 14.6 Å². The van der Waals surface area contributed by atoms with E-state index in [0.29, 0.717) is 42.9 Å². The van der Waals surface area contributed by atoms with Crippen LogP contribution in [0.3, 0.4) is 0 Å². The monoisotopic (exact) mass is 468 g/mol. The van der Waals surface area contributed by atoms with E-state index < -0.39 is 10.0 Å². The molecule has 2 N–H and O–H groups in total. The minimum Gasteiger partial charge on any atom is -0.468 e. The first-order valence-corrected chi connectivity index (χ1v) is 12.0. The maximum Gasteiger partial charge on any atom is 0.253 e. The SMILES string of the molecule is O=C(Nc1ccncc1)C1CCN(C(=O)c2ccc(S(=O)(=O)NCc3ccco3)cc2)CC1. The lowest BCUT2D eigenvalue weighted by molar-refractivity contribution is -0.121. The fraction of sp³-hybridized carbons (Fsp3) is 0.261. The molecule has 3 heterocycles. The number of nitrogens with zero attached hydrogens (tertiary/aromatic N) is 2. The normalized spacial score (nSPS) is 14.7. The zero-order valence-electron chi connectivity index (χ0n) is 17.8. The summed E-state index contributed by atoms with van der Waals surface area (Å²) in [6, 6.07) is 12.6. The van der Waals surface area contributed by atoms with Crippen LogP contribution in [-0.2, 0) is 21.4 Å². The number of rotatable bonds is 7. The second kappa shape index (κ2) is 9.97. The van der Waals surface area contributed by atoms with Gasteiger partial charge in [0, 0.05) is 42.7 Å². The number of carbonyl (C=O) groups excluding carboxylic acids is 2. The van der Waals surface area contributed by atoms with E-state index in [1.54, 1.807) is 41.6 Å². The molecule has 1 aromatic carbocycles. The van der Waals surface area contributed by atoms with Crippen molar-refractivity contribution in [3.8, 4) is 0 Å². The Morgan fingerprint density at radius 1 is 1.03 bits per heavy atom. The Morgan fingerprint density at radius 3 is 2.36 bits per heavy atom. The second-order valence-electron chi connectivity index (χ2n) is 7.72. The van der Waals surface area contributed by atoms with Crippen LogP contribution in [0.15, 0.2) is 76.5 Å². The van der Waals surface area contributed by atoms with E-state index in [9.17, 15) is 18.0 Å². The summed E-state index contributed by atoms with van der Waals surface area (Å²) in [5.74, 6) is 0.0820. The van der Waals surface area contributed by atoms with Crippen LogP contribution in [-0.4, -0.2) is 43.2 Å². The first-order valence-electron chi connectivity index (χ1n) is 10.5. The maximum absolute atomic E-state index is 12.9. The van der Waals surface area contributed by atoms with Crippen molar-refractivity contribution < 1.29 is 22.4 Å². The highest BCUT2D eigenvalue weighted by Gasteiger charge is 2.28. The molecule has 0 radical (unpaired) electrons. The molecule has 3 aromatic rings. The number of carbonyl (C=O) groups is 2. The number of amides is 2. The van der Waals surface area contributed by atoms with Crippen molar-refractivity contribution in [2.24, 2.45) is 5.92 Å². The van der Waals surface area contributed by atoms with Gasteiger partial charge in [-0.05, 0) is 61.4 Å². The summed E-state index contributed by atoms with van der Waals surface area (Å²) in [6.07, 6.45) is 5.82. The number of aromatic nitrogens is 1. The second-order valence-corrected chi connectivity index (χ2v) is 9.49. The lowest BCUT2D eigenvalue weighted by Crippen LogP contribution is -2.41. The quantitative estimate of drug-likeness (QED) is 0.550. The number of likely N-dealkylation sites (tertiary alicyclic amines) is 1. The molecular weight excluding hydrogens is 444 g/mol. The highest BCUT2D eigenvalue weighted by molar-refractivity contribution is 7.89. The van der Waals surface area contributed by atoms with Crippen LogP contribution in [0.25, 0.3) is 0 Å². The first kappa shape index (κ1) is 22.7. The predicted molar refractivity (Wildman–Crippen MR) is 121 cm³/mol. The van der Waals surface area contributed by atoms with Crippen molar-refractivity contribution >= 4 is 27.5 Å². The number of nitrogens with one attached hydrogen (secondary N) is 2. The zero-order chi connectivity index (χ0) is 23.3. The highest BCUT2D eigenvalue weighted by Crippen LogP contribution is 2.21. The fourth-order valence-corrected chi connectivity index (χ4v) is 4.64. The van der Waals surface area contributed by atoms with Gasteiger partial charge in [-0.3, -0.25) is 14.6 Å². The molecule has 1 aliphatic heterocycles. The van der Waals surface area contributed by atoms with Gasteiger partial charge in [0.05, 0.1) is 17.7 Å². The highest BCUT2D eigenvalue weighted by atomic mass is 32.2. The number of anilines is 1. The van der Waals surface area contributed by atoms with Crippen LogP contribution >= 0.6 is 0 Å². The molecule has 4 rings (SSSR count). The molecule has 0 spiro atoms. The first-order chi connectivity index (χ1) is 15.9. The van der Waals surface area contributed by atoms with E-state index in [-0.39, 0.29) is 29.2 Å². The predicted octanol–water partition coefficient (Wildman–Crippen LogP) is 2.64. The molecule has 1 saturated heterocycles. The molecular formula is C23H24N4O5S. The number of hydrogen-bond acceptors (Lipinski definition) is 6. The van der Waals surface area contributed by atoms with E-state index in [0.717, 1.165) is 0 Å². The lowest BCUT2D eigenvalue weighted by Gasteiger charge is -2.31. The molecule has 0 bridgehead atoms. The summed E-state index contributed by atoms with van der Waals surface area (Å²) >= 11 is 0. The number of pyridine rings is 1. The summed E-state index contributed by atoms with van der Waals surface area (Å²) in [6.45, 7) is 0.954. The number of piperidine rings is 1. The third kappa shape index (κ3) is 5.65. The topological polar surface area (TPSA) is 122 Å². The minimum atomic E-state index is -3.73. The molecule has 1 aliphatic rings. The van der Waals surface area contributed by atoms with Gasteiger partial charge < -0.3 is 14.6 Å². The summed E-state index contributed by atoms with van der Waals surface area (Å²) in [5, 5.41) is 2.88. The van der Waals surface area contributed by atoms with Crippen LogP contribution in [0.1, 0.15) is 29.0 Å². The van der Waals surface area contributed by atoms with E-state index >= 15 is 0 Å². The van der Waals surface area contributed by atoms with Crippen LogP contribution in [0.4, 0.5) is 5.69 Å². The average Bonchev–Trinajstić information content (AvgIpc) is 3.37. The van der Waals surface area contributed by atoms with Gasteiger partial charge in [0.25, 0.3) is 5.91 Å². The number of sulfonamides is 1. The number of benzene rings is 1. The molecule has 10 heteroatoms. The summed E-state index contributed by atoms with van der Waals surface area (Å²) in [7, 11) is -3.73. The number of hydrogen-bond donors (Lipinski definition) is 2. The van der Waals surface area contributed by atoms with Crippen molar-refractivity contribution in [3.63, 3.8) is 0 Å². The Balaban J connectivity index is 1.31. The molecule has 9 nitrogen and oxygen atoms in total. The maximum atomic E-state index is 12.9. The molecule has 0 unspecified atom stereocenters. The Hall–Kier alpha value is -3.50. The average molecular weight is 469 g/mol. The van der Waals surface area contributed by atoms with Gasteiger partial charge in [0.1, 0.15) is 5.76 Å². The Kier molecular flexibility index (Phi) is 6.85. The summed E-state index contributed by atoms with van der Waals surface area (Å²) < 4.78 is 32.5. The molecule has 172 valence electrons. The Bertz CT molecular complexity index is 1190. The zero-order valence-corrected chi connectivity index (χ0v) is 18.6. The van der Waals surface area contributed by atoms with Crippen LogP contribution in [0.5, 0.6) is 0 Å². The third-order valence-electron chi connectivity index (χ3n) is 5.53. The minimum absolute atomic E-state index is 0.0414. The molecule has 33 heavy (non-hydrogen) atoms. The summed E-state index contributed by atoms with van der Waals surface area (Å²) in [5.41, 5.74) is 1.10. The van der Waals surface area contributed by atoms with Crippen molar-refractivity contribution in [1.29, 1.82) is 0 Å². The molecule has 0 atom stereocenters. The third-order valence-corrected chi connectivity index (χ3v) is 6.95. The van der Waals surface area contributed by atoms with E-state index in [1.165, 1.54) is 30.5 Å². The van der Waals surface area contributed by atoms with Crippen LogP contribution in [0, 0.1) is 5.92 Å². The smallest absolute Gasteiger partial charge is 0.253 e. The van der Waals surface area contributed by atoms with Gasteiger partial charge in [-0.25, -0.2) is 13.1 Å². The van der Waals surface area contributed by atoms with Crippen molar-refractivity contribution in [2.45, 2.75) is 24.3 Å². The molecule has 2 amide bonds. The van der Waals surface area contributed by atoms with Crippen molar-refractivity contribution in [3.05, 3.63) is 78.5 Å². The van der Waals surface area contributed by atoms with Gasteiger partial charge in [0.2, 0.25) is 15.9 Å². The van der Waals surface area contributed by atoms with E-state index in [2.05, 4.69) is 15.0 Å². The molecule has 1 fully saturated rings. The van der Waals surface area contributed by atoms with Gasteiger partial charge >= 0.3 is 0 Å². The molecule has 0 saturated carbocycles. The Labute approximate surface area is 191 Å². The van der Waals surface area contributed by atoms with Gasteiger partial charge in [-0.1, -0.05) is 0 Å². The van der Waals surface area contributed by atoms with Crippen LogP contribution in [0.2, 0.25) is 0 Å². The summed E-state index contributed by atoms with van der Waals surface area (Å²) in [4.78, 5) is 31.0. The van der Waals surface area contributed by atoms with Crippen LogP contribution < -0.4 is 10.0 Å². The molecule has 0 aliphatic carbocycles. The fourth-order valence-electron chi connectivity index (χ4n) is 3.65.